The topological polar surface area (TPSA) is 6.48 Å². The van der Waals surface area contributed by atoms with Crippen LogP contribution in [0.15, 0.2) is 109 Å². The number of benzene rings is 6. The standard InChI is InChI=1S/C63H73BN2S/c1-38-32-52-55-53(33-38)66(50-27-22-41(59(5,6)7)34-45(50)39-18-20-40(21-19-39)58(2,3)4)51-28-23-43(61(11,12)13)36-49(51)64(55)57-56(46-35-42(60(8,9)10)24-29-54(46)67-57)65(52)44-25-26-47-48(37-44)63(16,17)31-30-62(47,14)15/h18-29,32-37H,30-31H2,1-17H3/i18D,19D,20D,21D,22D,23D,27D,28D,34D,36D. The summed E-state index contributed by atoms with van der Waals surface area (Å²) in [6.45, 7) is 34.3. The molecule has 0 N–H and O–H groups in total. The average molecular weight is 911 g/mol. The number of fused-ring (bicyclic) bond motifs is 7. The molecule has 2 nitrogen and oxygen atoms in total. The van der Waals surface area contributed by atoms with Gasteiger partial charge < -0.3 is 9.80 Å². The van der Waals surface area contributed by atoms with Crippen LogP contribution in [0.1, 0.15) is 176 Å². The minimum Gasteiger partial charge on any atom is -0.311 e. The minimum atomic E-state index is -0.886. The van der Waals surface area contributed by atoms with Gasteiger partial charge in [-0.05, 0) is 162 Å². The predicted octanol–water partition coefficient (Wildman–Crippen LogP) is 16.5. The van der Waals surface area contributed by atoms with Crippen LogP contribution in [0.4, 0.5) is 34.1 Å². The summed E-state index contributed by atoms with van der Waals surface area (Å²) in [5, 5.41) is 1.06. The van der Waals surface area contributed by atoms with E-state index in [9.17, 15) is 13.7 Å². The normalized spacial score (nSPS) is 18.6. The summed E-state index contributed by atoms with van der Waals surface area (Å²) in [4.78, 5) is 4.09. The Hall–Kier alpha value is -5.06. The van der Waals surface area contributed by atoms with Crippen LogP contribution in [0.3, 0.4) is 0 Å². The average Bonchev–Trinajstić information content (AvgIpc) is 3.93. The third-order valence-electron chi connectivity index (χ3n) is 14.7. The first kappa shape index (κ1) is 35.1. The SMILES string of the molecule is [2H]c1c([2H])c(C(C)(C)C)c([2H])c([2H])c1-c1c([2H])c(C(C)(C)C)c([2H])c([2H])c1N1c2cc(C)cc3c2B(c2sc4ccc(C(C)(C)C)cc4c2N3c2ccc3c(c2)C(C)(C)CCC3(C)C)c2c([2H])c(C(C)(C)C)c([2H])c([2H])c21. The Morgan fingerprint density at radius 2 is 1.10 bits per heavy atom. The third kappa shape index (κ3) is 7.51. The zero-order valence-corrected chi connectivity index (χ0v) is 43.7. The highest BCUT2D eigenvalue weighted by Gasteiger charge is 2.47. The number of anilines is 6. The molecule has 2 aliphatic heterocycles. The van der Waals surface area contributed by atoms with E-state index in [1.165, 1.54) is 16.7 Å². The van der Waals surface area contributed by atoms with Gasteiger partial charge in [0, 0.05) is 43.2 Å². The molecule has 1 aromatic heterocycles. The van der Waals surface area contributed by atoms with Crippen molar-refractivity contribution in [3.8, 4) is 11.1 Å². The molecule has 10 rings (SSSR count). The van der Waals surface area contributed by atoms with Crippen molar-refractivity contribution in [2.45, 2.75) is 163 Å². The van der Waals surface area contributed by atoms with Crippen LogP contribution in [-0.4, -0.2) is 6.71 Å². The third-order valence-corrected chi connectivity index (χ3v) is 15.9. The van der Waals surface area contributed by atoms with Gasteiger partial charge in [-0.2, -0.15) is 0 Å². The van der Waals surface area contributed by atoms with Crippen molar-refractivity contribution in [2.24, 2.45) is 0 Å². The number of hydrogen-bond acceptors (Lipinski definition) is 3. The summed E-state index contributed by atoms with van der Waals surface area (Å²) in [5.74, 6) is 0. The van der Waals surface area contributed by atoms with E-state index in [1.54, 1.807) is 16.2 Å². The number of hydrogen-bond donors (Lipinski definition) is 0. The van der Waals surface area contributed by atoms with Gasteiger partial charge in [0.1, 0.15) is 0 Å². The van der Waals surface area contributed by atoms with Gasteiger partial charge in [0.25, 0.3) is 6.71 Å². The second-order valence-electron chi connectivity index (χ2n) is 25.1. The van der Waals surface area contributed by atoms with E-state index in [2.05, 4.69) is 95.8 Å². The molecule has 0 saturated carbocycles. The molecule has 3 heterocycles. The molecule has 6 aromatic carbocycles. The maximum Gasteiger partial charge on any atom is 0.264 e. The van der Waals surface area contributed by atoms with Gasteiger partial charge in [-0.3, -0.25) is 0 Å². The largest absolute Gasteiger partial charge is 0.311 e. The Kier molecular flexibility index (Phi) is 7.85. The molecule has 7 aromatic rings. The fraction of sp³-hybridized carbons (Fsp3) is 0.397. The molecule has 67 heavy (non-hydrogen) atoms. The fourth-order valence-corrected chi connectivity index (χ4v) is 11.7. The van der Waals surface area contributed by atoms with E-state index in [1.807, 2.05) is 75.3 Å². The molecular formula is C63H73BN2S. The van der Waals surface area contributed by atoms with Crippen LogP contribution in [0.5, 0.6) is 0 Å². The summed E-state index contributed by atoms with van der Waals surface area (Å²) in [6.07, 6.45) is 2.08. The number of rotatable bonds is 3. The zero-order chi connectivity index (χ0) is 56.8. The molecule has 0 bridgehead atoms. The van der Waals surface area contributed by atoms with E-state index in [0.29, 0.717) is 16.7 Å². The predicted molar refractivity (Wildman–Crippen MR) is 296 cm³/mol. The summed E-state index contributed by atoms with van der Waals surface area (Å²) in [6, 6.07) is 15.5. The lowest BCUT2D eigenvalue weighted by Gasteiger charge is -2.45. The molecular weight excluding hydrogens is 828 g/mol. The molecule has 0 spiro atoms. The second-order valence-corrected chi connectivity index (χ2v) is 26.2. The van der Waals surface area contributed by atoms with Crippen molar-refractivity contribution in [3.05, 3.63) is 148 Å². The summed E-state index contributed by atoms with van der Waals surface area (Å²) in [7, 11) is 0. The maximum absolute atomic E-state index is 10.6. The van der Waals surface area contributed by atoms with Gasteiger partial charge in [0.05, 0.1) is 25.1 Å². The molecule has 3 aliphatic rings. The lowest BCUT2D eigenvalue weighted by Crippen LogP contribution is -2.60. The monoisotopic (exact) mass is 911 g/mol. The highest BCUT2D eigenvalue weighted by molar-refractivity contribution is 7.33. The highest BCUT2D eigenvalue weighted by Crippen LogP contribution is 2.53. The van der Waals surface area contributed by atoms with Crippen molar-refractivity contribution in [2.75, 3.05) is 9.80 Å². The first-order valence-electron chi connectivity index (χ1n) is 29.2. The Morgan fingerprint density at radius 1 is 0.552 bits per heavy atom. The summed E-state index contributed by atoms with van der Waals surface area (Å²) in [5.41, 5.74) is 7.00. The molecule has 0 atom stereocenters. The molecule has 1 aliphatic carbocycles. The molecule has 0 radical (unpaired) electrons. The zero-order valence-electron chi connectivity index (χ0n) is 52.9. The summed E-state index contributed by atoms with van der Waals surface area (Å²) < 4.78 is 102. The van der Waals surface area contributed by atoms with Crippen LogP contribution in [-0.2, 0) is 32.5 Å². The van der Waals surface area contributed by atoms with E-state index in [-0.39, 0.29) is 110 Å². The van der Waals surface area contributed by atoms with Gasteiger partial charge >= 0.3 is 0 Å². The first-order chi connectivity index (χ1) is 35.3. The van der Waals surface area contributed by atoms with Crippen molar-refractivity contribution in [3.63, 3.8) is 0 Å². The Labute approximate surface area is 422 Å². The van der Waals surface area contributed by atoms with E-state index in [4.69, 9.17) is 0 Å². The lowest BCUT2D eigenvalue weighted by molar-refractivity contribution is 0.332. The lowest BCUT2D eigenvalue weighted by atomic mass is 9.36. The Bertz CT molecular complexity index is 3700. The van der Waals surface area contributed by atoms with Crippen LogP contribution in [0.25, 0.3) is 21.2 Å². The number of nitrogens with zero attached hydrogens (tertiary/aromatic N) is 2. The van der Waals surface area contributed by atoms with Crippen molar-refractivity contribution >= 4 is 78.0 Å². The van der Waals surface area contributed by atoms with Gasteiger partial charge in [0.15, 0.2) is 0 Å². The number of aryl methyl sites for hydroxylation is 1. The molecule has 0 amide bonds. The van der Waals surface area contributed by atoms with Crippen molar-refractivity contribution < 1.29 is 13.7 Å². The van der Waals surface area contributed by atoms with E-state index >= 15 is 0 Å². The minimum absolute atomic E-state index is 0.0428. The molecule has 0 saturated heterocycles. The van der Waals surface area contributed by atoms with Gasteiger partial charge in [-0.15, -0.1) is 11.3 Å². The number of thiophene rings is 1. The van der Waals surface area contributed by atoms with Gasteiger partial charge in [-0.1, -0.05) is 165 Å². The van der Waals surface area contributed by atoms with Crippen LogP contribution < -0.4 is 25.5 Å². The maximum atomic E-state index is 10.6. The molecule has 0 unspecified atom stereocenters. The van der Waals surface area contributed by atoms with E-state index in [0.717, 1.165) is 55.8 Å². The van der Waals surface area contributed by atoms with Crippen LogP contribution >= 0.6 is 11.3 Å². The quantitative estimate of drug-likeness (QED) is 0.163. The Balaban J connectivity index is 1.44. The molecule has 344 valence electrons. The first-order valence-corrected chi connectivity index (χ1v) is 25.0. The molecule has 0 fully saturated rings. The molecule has 4 heteroatoms. The fourth-order valence-electron chi connectivity index (χ4n) is 10.4. The smallest absolute Gasteiger partial charge is 0.264 e. The summed E-state index contributed by atoms with van der Waals surface area (Å²) >= 11 is 1.66. The van der Waals surface area contributed by atoms with Crippen molar-refractivity contribution in [1.82, 2.24) is 0 Å². The van der Waals surface area contributed by atoms with E-state index < -0.39 is 23.0 Å². The van der Waals surface area contributed by atoms with Crippen LogP contribution in [0.2, 0.25) is 0 Å². The van der Waals surface area contributed by atoms with Crippen molar-refractivity contribution in [1.29, 1.82) is 0 Å². The highest BCUT2D eigenvalue weighted by atomic mass is 32.1. The Morgan fingerprint density at radius 3 is 1.72 bits per heavy atom. The van der Waals surface area contributed by atoms with Crippen LogP contribution in [0, 0.1) is 6.92 Å². The van der Waals surface area contributed by atoms with Gasteiger partial charge in [0.2, 0.25) is 0 Å². The van der Waals surface area contributed by atoms with Gasteiger partial charge in [-0.25, -0.2) is 0 Å². The second kappa shape index (κ2) is 15.0.